The van der Waals surface area contributed by atoms with Gasteiger partial charge in [-0.05, 0) is 48.4 Å². The summed E-state index contributed by atoms with van der Waals surface area (Å²) < 4.78 is 0. The van der Waals surface area contributed by atoms with Gasteiger partial charge in [0.1, 0.15) is 0 Å². The van der Waals surface area contributed by atoms with Crippen LogP contribution in [0.25, 0.3) is 0 Å². The first kappa shape index (κ1) is 12.2. The molecule has 0 saturated heterocycles. The Morgan fingerprint density at radius 3 is 2.71 bits per heavy atom. The third-order valence-corrected chi connectivity index (χ3v) is 3.45. The molecule has 17 heavy (non-hydrogen) atoms. The zero-order chi connectivity index (χ0) is 12.4. The van der Waals surface area contributed by atoms with Gasteiger partial charge in [0.2, 0.25) is 0 Å². The average molecular weight is 235 g/mol. The van der Waals surface area contributed by atoms with Gasteiger partial charge in [0.25, 0.3) is 0 Å². The number of hydrogen-bond acceptors (Lipinski definition) is 3. The Morgan fingerprint density at radius 2 is 2.00 bits per heavy atom. The lowest BCUT2D eigenvalue weighted by atomic mass is 9.82. The second-order valence-electron chi connectivity index (χ2n) is 5.19. The lowest BCUT2D eigenvalue weighted by Crippen LogP contribution is -2.29. The third-order valence-electron chi connectivity index (χ3n) is 3.45. The van der Waals surface area contributed by atoms with Gasteiger partial charge >= 0.3 is 0 Å². The number of nitrogens with one attached hydrogen (secondary N) is 1. The van der Waals surface area contributed by atoms with Gasteiger partial charge in [0.05, 0.1) is 0 Å². The Balaban J connectivity index is 2.21. The first-order chi connectivity index (χ1) is 8.08. The van der Waals surface area contributed by atoms with Crippen molar-refractivity contribution in [3.8, 4) is 11.5 Å². The molecule has 1 unspecified atom stereocenters. The SMILES string of the molecule is CC(C)NCC1CCCc2cc(O)c(O)cc21. The molecule has 0 radical (unpaired) electrons. The number of aromatic hydroxyl groups is 2. The van der Waals surface area contributed by atoms with E-state index in [1.807, 2.05) is 0 Å². The fourth-order valence-corrected chi connectivity index (χ4v) is 2.52. The van der Waals surface area contributed by atoms with Crippen LogP contribution in [0.3, 0.4) is 0 Å². The first-order valence-electron chi connectivity index (χ1n) is 6.36. The summed E-state index contributed by atoms with van der Waals surface area (Å²) in [5, 5.41) is 22.6. The quantitative estimate of drug-likeness (QED) is 0.706. The van der Waals surface area contributed by atoms with Crippen LogP contribution in [0.4, 0.5) is 0 Å². The molecule has 0 fully saturated rings. The highest BCUT2D eigenvalue weighted by molar-refractivity contribution is 5.47. The van der Waals surface area contributed by atoms with Crippen molar-refractivity contribution in [1.29, 1.82) is 0 Å². The molecule has 1 aromatic rings. The summed E-state index contributed by atoms with van der Waals surface area (Å²) >= 11 is 0. The molecule has 0 aliphatic heterocycles. The van der Waals surface area contributed by atoms with Crippen LogP contribution in [0, 0.1) is 0 Å². The molecule has 2 rings (SSSR count). The largest absolute Gasteiger partial charge is 0.504 e. The number of fused-ring (bicyclic) bond motifs is 1. The minimum Gasteiger partial charge on any atom is -0.504 e. The monoisotopic (exact) mass is 235 g/mol. The van der Waals surface area contributed by atoms with Crippen molar-refractivity contribution in [1.82, 2.24) is 5.32 Å². The van der Waals surface area contributed by atoms with Crippen LogP contribution in [0.1, 0.15) is 43.7 Å². The summed E-state index contributed by atoms with van der Waals surface area (Å²) in [5.41, 5.74) is 2.38. The van der Waals surface area contributed by atoms with Crippen molar-refractivity contribution in [2.24, 2.45) is 0 Å². The van der Waals surface area contributed by atoms with Crippen molar-refractivity contribution in [2.45, 2.75) is 45.1 Å². The van der Waals surface area contributed by atoms with Crippen LogP contribution in [-0.4, -0.2) is 22.8 Å². The van der Waals surface area contributed by atoms with E-state index in [1.165, 1.54) is 11.1 Å². The zero-order valence-electron chi connectivity index (χ0n) is 10.5. The van der Waals surface area contributed by atoms with Gasteiger partial charge in [0, 0.05) is 12.6 Å². The number of phenols is 2. The van der Waals surface area contributed by atoms with E-state index in [-0.39, 0.29) is 11.5 Å². The van der Waals surface area contributed by atoms with Gasteiger partial charge in [-0.1, -0.05) is 13.8 Å². The summed E-state index contributed by atoms with van der Waals surface area (Å²) in [7, 11) is 0. The predicted octanol–water partition coefficient (Wildman–Crippen LogP) is 2.52. The van der Waals surface area contributed by atoms with Crippen molar-refractivity contribution in [3.63, 3.8) is 0 Å². The number of benzene rings is 1. The molecular formula is C14H21NO2. The summed E-state index contributed by atoms with van der Waals surface area (Å²) in [4.78, 5) is 0. The lowest BCUT2D eigenvalue weighted by molar-refractivity contribution is 0.398. The van der Waals surface area contributed by atoms with E-state index in [0.29, 0.717) is 12.0 Å². The van der Waals surface area contributed by atoms with Crippen LogP contribution in [0.15, 0.2) is 12.1 Å². The van der Waals surface area contributed by atoms with Gasteiger partial charge in [-0.3, -0.25) is 0 Å². The summed E-state index contributed by atoms with van der Waals surface area (Å²) in [6.45, 7) is 5.21. The van der Waals surface area contributed by atoms with E-state index in [9.17, 15) is 10.2 Å². The molecule has 0 heterocycles. The minimum absolute atomic E-state index is 0.000182. The number of hydrogen-bond donors (Lipinski definition) is 3. The first-order valence-corrected chi connectivity index (χ1v) is 6.36. The number of rotatable bonds is 3. The Labute approximate surface area is 102 Å². The molecule has 1 aliphatic rings. The van der Waals surface area contributed by atoms with E-state index in [4.69, 9.17) is 0 Å². The molecule has 3 heteroatoms. The second-order valence-corrected chi connectivity index (χ2v) is 5.19. The van der Waals surface area contributed by atoms with E-state index in [2.05, 4.69) is 19.2 Å². The van der Waals surface area contributed by atoms with Gasteiger partial charge in [0.15, 0.2) is 11.5 Å². The molecule has 0 spiro atoms. The van der Waals surface area contributed by atoms with Crippen LogP contribution in [0.5, 0.6) is 11.5 Å². The molecule has 94 valence electrons. The highest BCUT2D eigenvalue weighted by atomic mass is 16.3. The van der Waals surface area contributed by atoms with Crippen LogP contribution < -0.4 is 5.32 Å². The van der Waals surface area contributed by atoms with Gasteiger partial charge < -0.3 is 15.5 Å². The Hall–Kier alpha value is -1.22. The highest BCUT2D eigenvalue weighted by Gasteiger charge is 2.22. The van der Waals surface area contributed by atoms with Gasteiger partial charge in [-0.15, -0.1) is 0 Å². The number of phenolic OH excluding ortho intramolecular Hbond substituents is 2. The summed E-state index contributed by atoms with van der Waals surface area (Å²) in [5.74, 6) is 0.453. The fraction of sp³-hybridized carbons (Fsp3) is 0.571. The standard InChI is InChI=1S/C14H21NO2/c1-9(2)15-8-11-5-3-4-10-6-13(16)14(17)7-12(10)11/h6-7,9,11,15-17H,3-5,8H2,1-2H3. The van der Waals surface area contributed by atoms with E-state index in [1.54, 1.807) is 12.1 Å². The van der Waals surface area contributed by atoms with E-state index < -0.39 is 0 Å². The maximum absolute atomic E-state index is 9.60. The molecule has 3 nitrogen and oxygen atoms in total. The van der Waals surface area contributed by atoms with Crippen molar-refractivity contribution < 1.29 is 10.2 Å². The van der Waals surface area contributed by atoms with Crippen molar-refractivity contribution >= 4 is 0 Å². The molecule has 0 aromatic heterocycles. The topological polar surface area (TPSA) is 52.5 Å². The maximum Gasteiger partial charge on any atom is 0.157 e. The normalized spacial score (nSPS) is 19.4. The summed E-state index contributed by atoms with van der Waals surface area (Å²) in [6, 6.07) is 3.92. The smallest absolute Gasteiger partial charge is 0.157 e. The van der Waals surface area contributed by atoms with E-state index >= 15 is 0 Å². The van der Waals surface area contributed by atoms with Crippen LogP contribution in [0.2, 0.25) is 0 Å². The molecule has 3 N–H and O–H groups in total. The molecular weight excluding hydrogens is 214 g/mol. The Morgan fingerprint density at radius 1 is 1.29 bits per heavy atom. The highest BCUT2D eigenvalue weighted by Crippen LogP contribution is 2.37. The fourth-order valence-electron chi connectivity index (χ4n) is 2.52. The van der Waals surface area contributed by atoms with Crippen LogP contribution >= 0.6 is 0 Å². The predicted molar refractivity (Wildman–Crippen MR) is 68.6 cm³/mol. The zero-order valence-corrected chi connectivity index (χ0v) is 10.5. The molecule has 1 aromatic carbocycles. The Bertz CT molecular complexity index is 401. The molecule has 1 atom stereocenters. The van der Waals surface area contributed by atoms with Gasteiger partial charge in [-0.25, -0.2) is 0 Å². The summed E-state index contributed by atoms with van der Waals surface area (Å²) in [6.07, 6.45) is 3.31. The van der Waals surface area contributed by atoms with Crippen molar-refractivity contribution in [2.75, 3.05) is 6.54 Å². The minimum atomic E-state index is 0.000182. The molecule has 0 bridgehead atoms. The van der Waals surface area contributed by atoms with Gasteiger partial charge in [-0.2, -0.15) is 0 Å². The lowest BCUT2D eigenvalue weighted by Gasteiger charge is -2.27. The third kappa shape index (κ3) is 2.72. The molecule has 0 saturated carbocycles. The maximum atomic E-state index is 9.60. The molecule has 1 aliphatic carbocycles. The second kappa shape index (κ2) is 4.96. The number of aryl methyl sites for hydroxylation is 1. The molecule has 0 amide bonds. The average Bonchev–Trinajstić information content (AvgIpc) is 2.28. The Kier molecular flexibility index (Phi) is 3.57. The van der Waals surface area contributed by atoms with E-state index in [0.717, 1.165) is 25.8 Å². The van der Waals surface area contributed by atoms with Crippen LogP contribution in [-0.2, 0) is 6.42 Å². The van der Waals surface area contributed by atoms with Crippen molar-refractivity contribution in [3.05, 3.63) is 23.3 Å².